The Labute approximate surface area is 135 Å². The molecule has 0 spiro atoms. The average molecular weight is 311 g/mol. The monoisotopic (exact) mass is 311 g/mol. The molecule has 128 valence electrons. The Balaban J connectivity index is 1.91. The fraction of sp³-hybridized carbons (Fsp3) is 0.941. The minimum Gasteiger partial charge on any atom is -0.392 e. The van der Waals surface area contributed by atoms with Crippen LogP contribution in [0.1, 0.15) is 40.0 Å². The van der Waals surface area contributed by atoms with Crippen molar-refractivity contribution in [2.75, 3.05) is 45.8 Å². The zero-order chi connectivity index (χ0) is 16.1. The average Bonchev–Trinajstić information content (AvgIpc) is 2.48. The van der Waals surface area contributed by atoms with Gasteiger partial charge in [0.05, 0.1) is 12.1 Å². The van der Waals surface area contributed by atoms with Gasteiger partial charge in [0.2, 0.25) is 5.91 Å². The number of β-amino-alcohol motifs (C(OH)–C–C–N with tert-alkyl or cyclic N) is 1. The summed E-state index contributed by atoms with van der Waals surface area (Å²) in [6.45, 7) is 12.3. The topological polar surface area (TPSA) is 47.0 Å². The van der Waals surface area contributed by atoms with Gasteiger partial charge >= 0.3 is 0 Å². The molecule has 2 rings (SSSR count). The fourth-order valence-electron chi connectivity index (χ4n) is 3.77. The number of aliphatic hydroxyl groups is 1. The van der Waals surface area contributed by atoms with Crippen LogP contribution in [0.2, 0.25) is 0 Å². The third-order valence-electron chi connectivity index (χ3n) is 4.87. The molecule has 0 aliphatic carbocycles. The van der Waals surface area contributed by atoms with Crippen LogP contribution in [0.3, 0.4) is 0 Å². The van der Waals surface area contributed by atoms with Gasteiger partial charge in [-0.15, -0.1) is 0 Å². The highest BCUT2D eigenvalue weighted by Crippen LogP contribution is 2.20. The van der Waals surface area contributed by atoms with Crippen molar-refractivity contribution in [3.8, 4) is 0 Å². The molecule has 2 aliphatic rings. The van der Waals surface area contributed by atoms with Crippen LogP contribution in [0.4, 0.5) is 0 Å². The predicted octanol–water partition coefficient (Wildman–Crippen LogP) is 1.02. The zero-order valence-electron chi connectivity index (χ0n) is 14.5. The molecule has 0 unspecified atom stereocenters. The number of nitrogens with zero attached hydrogens (tertiary/aromatic N) is 3. The van der Waals surface area contributed by atoms with Gasteiger partial charge < -0.3 is 10.0 Å². The van der Waals surface area contributed by atoms with E-state index in [2.05, 4.69) is 23.6 Å². The number of hydrogen-bond donors (Lipinski definition) is 1. The van der Waals surface area contributed by atoms with Crippen LogP contribution in [-0.2, 0) is 4.79 Å². The Morgan fingerprint density at radius 2 is 1.55 bits per heavy atom. The summed E-state index contributed by atoms with van der Waals surface area (Å²) in [7, 11) is 0. The number of aliphatic hydroxyl groups excluding tert-OH is 1. The third kappa shape index (κ3) is 4.67. The molecule has 2 aliphatic heterocycles. The van der Waals surface area contributed by atoms with Crippen molar-refractivity contribution in [3.05, 3.63) is 0 Å². The van der Waals surface area contributed by atoms with Crippen molar-refractivity contribution in [2.24, 2.45) is 5.92 Å². The maximum absolute atomic E-state index is 13.0. The van der Waals surface area contributed by atoms with Crippen LogP contribution in [0, 0.1) is 5.92 Å². The van der Waals surface area contributed by atoms with E-state index in [1.807, 2.05) is 11.8 Å². The van der Waals surface area contributed by atoms with E-state index in [4.69, 9.17) is 0 Å². The van der Waals surface area contributed by atoms with Gasteiger partial charge in [-0.2, -0.15) is 0 Å². The fourth-order valence-corrected chi connectivity index (χ4v) is 3.77. The highest BCUT2D eigenvalue weighted by Gasteiger charge is 2.34. The SMILES string of the molecule is CC(C)[C@@H](C(=O)N1CCN(C[C@H](C)O)CC1)N1CCCCC1. The van der Waals surface area contributed by atoms with Crippen molar-refractivity contribution in [3.63, 3.8) is 0 Å². The van der Waals surface area contributed by atoms with Crippen LogP contribution < -0.4 is 0 Å². The zero-order valence-corrected chi connectivity index (χ0v) is 14.5. The van der Waals surface area contributed by atoms with E-state index in [0.29, 0.717) is 18.4 Å². The van der Waals surface area contributed by atoms with Crippen molar-refractivity contribution < 1.29 is 9.90 Å². The largest absolute Gasteiger partial charge is 0.392 e. The van der Waals surface area contributed by atoms with Crippen LogP contribution in [0.15, 0.2) is 0 Å². The first-order valence-corrected chi connectivity index (χ1v) is 8.92. The Kier molecular flexibility index (Phi) is 6.66. The highest BCUT2D eigenvalue weighted by molar-refractivity contribution is 5.82. The molecule has 2 fully saturated rings. The van der Waals surface area contributed by atoms with Crippen LogP contribution in [0.5, 0.6) is 0 Å². The van der Waals surface area contributed by atoms with E-state index >= 15 is 0 Å². The molecule has 1 amide bonds. The van der Waals surface area contributed by atoms with Crippen LogP contribution in [-0.4, -0.2) is 83.7 Å². The normalized spacial score (nSPS) is 24.5. The highest BCUT2D eigenvalue weighted by atomic mass is 16.3. The molecule has 0 bridgehead atoms. The maximum Gasteiger partial charge on any atom is 0.240 e. The van der Waals surface area contributed by atoms with Gasteiger partial charge in [0, 0.05) is 32.7 Å². The Bertz CT molecular complexity index is 346. The van der Waals surface area contributed by atoms with Crippen molar-refractivity contribution in [1.29, 1.82) is 0 Å². The van der Waals surface area contributed by atoms with Crippen molar-refractivity contribution >= 4 is 5.91 Å². The number of carbonyl (C=O) groups is 1. The van der Waals surface area contributed by atoms with Gasteiger partial charge in [-0.25, -0.2) is 0 Å². The number of piperidine rings is 1. The number of hydrogen-bond acceptors (Lipinski definition) is 4. The molecule has 22 heavy (non-hydrogen) atoms. The lowest BCUT2D eigenvalue weighted by molar-refractivity contribution is -0.141. The molecule has 1 N–H and O–H groups in total. The molecule has 0 aromatic heterocycles. The molecule has 5 heteroatoms. The summed E-state index contributed by atoms with van der Waals surface area (Å²) >= 11 is 0. The lowest BCUT2D eigenvalue weighted by atomic mass is 9.97. The first kappa shape index (κ1) is 17.7. The number of rotatable bonds is 5. The summed E-state index contributed by atoms with van der Waals surface area (Å²) in [4.78, 5) is 19.7. The summed E-state index contributed by atoms with van der Waals surface area (Å²) < 4.78 is 0. The second kappa shape index (κ2) is 8.27. The van der Waals surface area contributed by atoms with Crippen molar-refractivity contribution in [2.45, 2.75) is 52.2 Å². The van der Waals surface area contributed by atoms with Gasteiger partial charge in [0.15, 0.2) is 0 Å². The summed E-state index contributed by atoms with van der Waals surface area (Å²) in [5, 5.41) is 9.48. The molecule has 0 aromatic rings. The standard InChI is InChI=1S/C17H33N3O2/c1-14(2)16(19-7-5-4-6-8-19)17(22)20-11-9-18(10-12-20)13-15(3)21/h14-16,21H,4-13H2,1-3H3/t15-,16-/m0/s1. The Morgan fingerprint density at radius 1 is 0.955 bits per heavy atom. The second-order valence-corrected chi connectivity index (χ2v) is 7.26. The molecule has 0 aromatic carbocycles. The Morgan fingerprint density at radius 3 is 2.05 bits per heavy atom. The summed E-state index contributed by atoms with van der Waals surface area (Å²) in [6, 6.07) is 0.0450. The lowest BCUT2D eigenvalue weighted by Gasteiger charge is -2.41. The van der Waals surface area contributed by atoms with E-state index in [-0.39, 0.29) is 12.1 Å². The quantitative estimate of drug-likeness (QED) is 0.823. The summed E-state index contributed by atoms with van der Waals surface area (Å²) in [5.74, 6) is 0.676. The van der Waals surface area contributed by atoms with E-state index in [0.717, 1.165) is 39.3 Å². The van der Waals surface area contributed by atoms with E-state index < -0.39 is 0 Å². The molecule has 0 saturated carbocycles. The lowest BCUT2D eigenvalue weighted by Crippen LogP contribution is -2.57. The molecule has 2 atom stereocenters. The Hall–Kier alpha value is -0.650. The first-order chi connectivity index (χ1) is 10.5. The molecular weight excluding hydrogens is 278 g/mol. The van der Waals surface area contributed by atoms with Crippen LogP contribution >= 0.6 is 0 Å². The minimum absolute atomic E-state index is 0.0450. The second-order valence-electron chi connectivity index (χ2n) is 7.26. The van der Waals surface area contributed by atoms with E-state index in [9.17, 15) is 9.90 Å². The predicted molar refractivity (Wildman–Crippen MR) is 88.8 cm³/mol. The van der Waals surface area contributed by atoms with E-state index in [1.165, 1.54) is 19.3 Å². The van der Waals surface area contributed by atoms with Crippen LogP contribution in [0.25, 0.3) is 0 Å². The van der Waals surface area contributed by atoms with Gasteiger partial charge in [-0.1, -0.05) is 20.3 Å². The molecule has 5 nitrogen and oxygen atoms in total. The number of likely N-dealkylation sites (tertiary alicyclic amines) is 1. The smallest absolute Gasteiger partial charge is 0.240 e. The van der Waals surface area contributed by atoms with E-state index in [1.54, 1.807) is 0 Å². The third-order valence-corrected chi connectivity index (χ3v) is 4.87. The maximum atomic E-state index is 13.0. The molecule has 2 heterocycles. The van der Waals surface area contributed by atoms with Gasteiger partial charge in [-0.3, -0.25) is 14.6 Å². The molecule has 2 saturated heterocycles. The number of amides is 1. The number of carbonyl (C=O) groups excluding carboxylic acids is 1. The summed E-state index contributed by atoms with van der Waals surface area (Å²) in [5.41, 5.74) is 0. The van der Waals surface area contributed by atoms with Crippen molar-refractivity contribution in [1.82, 2.24) is 14.7 Å². The number of piperazine rings is 1. The molecular formula is C17H33N3O2. The minimum atomic E-state index is -0.293. The molecule has 0 radical (unpaired) electrons. The van der Waals surface area contributed by atoms with Gasteiger partial charge in [0.1, 0.15) is 0 Å². The van der Waals surface area contributed by atoms with Gasteiger partial charge in [0.25, 0.3) is 0 Å². The van der Waals surface area contributed by atoms with Gasteiger partial charge in [-0.05, 0) is 38.8 Å². The first-order valence-electron chi connectivity index (χ1n) is 8.92. The summed E-state index contributed by atoms with van der Waals surface area (Å²) in [6.07, 6.45) is 3.45.